The molecule has 0 fully saturated rings. The minimum absolute atomic E-state index is 0.0741. The number of aromatic nitrogens is 2. The summed E-state index contributed by atoms with van der Waals surface area (Å²) < 4.78 is 13.7. The molecule has 3 rings (SSSR count). The van der Waals surface area contributed by atoms with Gasteiger partial charge in [-0.15, -0.1) is 0 Å². The number of fused-ring (bicyclic) bond motifs is 1. The van der Waals surface area contributed by atoms with E-state index in [1.165, 1.54) is 12.4 Å². The third-order valence-electron chi connectivity index (χ3n) is 3.36. The molecule has 0 aliphatic carbocycles. The van der Waals surface area contributed by atoms with Crippen molar-refractivity contribution in [2.45, 2.75) is 5.92 Å². The highest BCUT2D eigenvalue weighted by Gasteiger charge is 2.46. The first-order chi connectivity index (χ1) is 10.9. The number of hydrogen-bond donors (Lipinski definition) is 1. The summed E-state index contributed by atoms with van der Waals surface area (Å²) in [5.41, 5.74) is -0.342. The van der Waals surface area contributed by atoms with Gasteiger partial charge in [0.1, 0.15) is 17.4 Å². The number of halogens is 2. The maximum atomic E-state index is 13.7. The van der Waals surface area contributed by atoms with E-state index in [4.69, 9.17) is 11.6 Å². The van der Waals surface area contributed by atoms with Crippen molar-refractivity contribution in [3.8, 4) is 0 Å². The Balaban J connectivity index is 2.16. The number of benzene rings is 1. The Morgan fingerprint density at radius 2 is 2.04 bits per heavy atom. The van der Waals surface area contributed by atoms with Crippen molar-refractivity contribution in [1.29, 1.82) is 0 Å². The van der Waals surface area contributed by atoms with Crippen LogP contribution in [0.2, 0.25) is 5.02 Å². The molecule has 1 aliphatic heterocycles. The predicted octanol–water partition coefficient (Wildman–Crippen LogP) is 2.26. The topological polar surface area (TPSA) is 100 Å². The predicted molar refractivity (Wildman–Crippen MR) is 76.0 cm³/mol. The van der Waals surface area contributed by atoms with Gasteiger partial charge < -0.3 is 5.11 Å². The average Bonchev–Trinajstić information content (AvgIpc) is 2.79. The van der Waals surface area contributed by atoms with Gasteiger partial charge in [-0.1, -0.05) is 11.6 Å². The van der Waals surface area contributed by atoms with Crippen molar-refractivity contribution in [1.82, 2.24) is 9.97 Å². The fraction of sp³-hybridized carbons (Fsp3) is 0.0714. The first-order valence-corrected chi connectivity index (χ1v) is 6.65. The Morgan fingerprint density at radius 1 is 1.30 bits per heavy atom. The van der Waals surface area contributed by atoms with Crippen LogP contribution in [0.5, 0.6) is 0 Å². The molecule has 116 valence electrons. The van der Waals surface area contributed by atoms with Crippen LogP contribution in [0, 0.1) is 5.82 Å². The molecule has 0 saturated heterocycles. The summed E-state index contributed by atoms with van der Waals surface area (Å²) in [5, 5.41) is 8.84. The van der Waals surface area contributed by atoms with Crippen molar-refractivity contribution in [3.63, 3.8) is 0 Å². The molecule has 9 heteroatoms. The lowest BCUT2D eigenvalue weighted by Gasteiger charge is -2.11. The van der Waals surface area contributed by atoms with Crippen LogP contribution in [-0.4, -0.2) is 32.9 Å². The number of carboxylic acid groups (broad SMARTS) is 1. The molecule has 0 bridgehead atoms. The van der Waals surface area contributed by atoms with Gasteiger partial charge in [0.15, 0.2) is 5.78 Å². The maximum absolute atomic E-state index is 13.7. The highest BCUT2D eigenvalue weighted by Crippen LogP contribution is 2.41. The van der Waals surface area contributed by atoms with Crippen LogP contribution in [0.4, 0.5) is 14.9 Å². The summed E-state index contributed by atoms with van der Waals surface area (Å²) >= 11 is 5.64. The Morgan fingerprint density at radius 3 is 2.65 bits per heavy atom. The first kappa shape index (κ1) is 15.0. The molecule has 1 atom stereocenters. The summed E-state index contributed by atoms with van der Waals surface area (Å²) in [7, 11) is 0. The molecular weight excluding hydrogens is 329 g/mol. The van der Waals surface area contributed by atoms with Crippen LogP contribution >= 0.6 is 11.6 Å². The highest BCUT2D eigenvalue weighted by molar-refractivity contribution is 6.33. The number of carbonyl (C=O) groups excluding carboxylic acids is 2. The second-order valence-electron chi connectivity index (χ2n) is 4.67. The molecule has 1 aliphatic rings. The molecule has 2 aromatic rings. The lowest BCUT2D eigenvalue weighted by molar-refractivity contribution is -0.117. The third kappa shape index (κ3) is 2.33. The zero-order valence-electron chi connectivity index (χ0n) is 11.2. The van der Waals surface area contributed by atoms with E-state index in [9.17, 15) is 23.9 Å². The molecule has 1 unspecified atom stereocenters. The minimum atomic E-state index is -1.59. The number of carbonyl (C=O) groups is 3. The van der Waals surface area contributed by atoms with Gasteiger partial charge in [0, 0.05) is 12.4 Å². The van der Waals surface area contributed by atoms with E-state index < -0.39 is 29.5 Å². The third-order valence-corrected chi connectivity index (χ3v) is 3.65. The Labute approximate surface area is 133 Å². The van der Waals surface area contributed by atoms with E-state index in [1.807, 2.05) is 0 Å². The minimum Gasteiger partial charge on any atom is -0.464 e. The number of imide groups is 1. The largest absolute Gasteiger partial charge is 0.464 e. The Kier molecular flexibility index (Phi) is 3.53. The second-order valence-corrected chi connectivity index (χ2v) is 5.08. The summed E-state index contributed by atoms with van der Waals surface area (Å²) in [6, 6.07) is 1.89. The number of amides is 2. The molecular formula is C14H7ClFN3O4. The Hall–Kier alpha value is -2.87. The van der Waals surface area contributed by atoms with Crippen LogP contribution < -0.4 is 4.90 Å². The number of nitrogens with zero attached hydrogens (tertiary/aromatic N) is 3. The molecule has 0 saturated carbocycles. The van der Waals surface area contributed by atoms with Crippen molar-refractivity contribution in [3.05, 3.63) is 52.8 Å². The lowest BCUT2D eigenvalue weighted by atomic mass is 9.94. The van der Waals surface area contributed by atoms with Gasteiger partial charge in [0.05, 0.1) is 16.9 Å². The van der Waals surface area contributed by atoms with Gasteiger partial charge in [-0.2, -0.15) is 0 Å². The van der Waals surface area contributed by atoms with Crippen LogP contribution in [-0.2, 0) is 4.79 Å². The standard InChI is InChI=1S/C14H7ClFN3O4/c15-7-4-10-6(3-8(7)16)11(13(21)19(10)14(22)23)12(20)9-5-17-1-2-18-9/h1-5,11H,(H,22,23). The van der Waals surface area contributed by atoms with E-state index in [0.717, 1.165) is 18.3 Å². The number of anilines is 1. The van der Waals surface area contributed by atoms with Gasteiger partial charge in [-0.05, 0) is 17.7 Å². The van der Waals surface area contributed by atoms with Crippen molar-refractivity contribution < 1.29 is 23.9 Å². The monoisotopic (exact) mass is 335 g/mol. The molecule has 23 heavy (non-hydrogen) atoms. The smallest absolute Gasteiger partial charge is 0.418 e. The summed E-state index contributed by atoms with van der Waals surface area (Å²) in [5.74, 6) is -4.15. The van der Waals surface area contributed by atoms with Crippen molar-refractivity contribution in [2.24, 2.45) is 0 Å². The van der Waals surface area contributed by atoms with E-state index in [1.54, 1.807) is 0 Å². The lowest BCUT2D eigenvalue weighted by Crippen LogP contribution is -2.35. The molecule has 2 amide bonds. The summed E-state index contributed by atoms with van der Waals surface area (Å²) in [6.45, 7) is 0. The number of Topliss-reactive ketones (excluding diaryl/α,β-unsaturated/α-hetero) is 1. The summed E-state index contributed by atoms with van der Waals surface area (Å²) in [4.78, 5) is 44.0. The van der Waals surface area contributed by atoms with Gasteiger partial charge in [-0.25, -0.2) is 19.1 Å². The Bertz CT molecular complexity index is 843. The van der Waals surface area contributed by atoms with E-state index >= 15 is 0 Å². The molecule has 1 aromatic carbocycles. The maximum Gasteiger partial charge on any atom is 0.418 e. The van der Waals surface area contributed by atoms with Crippen LogP contribution in [0.1, 0.15) is 22.0 Å². The van der Waals surface area contributed by atoms with Crippen LogP contribution in [0.3, 0.4) is 0 Å². The molecule has 1 aromatic heterocycles. The van der Waals surface area contributed by atoms with Gasteiger partial charge in [0.2, 0.25) is 0 Å². The normalized spacial score (nSPS) is 16.3. The van der Waals surface area contributed by atoms with Crippen molar-refractivity contribution >= 4 is 35.1 Å². The highest BCUT2D eigenvalue weighted by atomic mass is 35.5. The van der Waals surface area contributed by atoms with E-state index in [2.05, 4.69) is 9.97 Å². The SMILES string of the molecule is O=C(c1cnccn1)C1C(=O)N(C(=O)O)c2cc(Cl)c(F)cc21. The zero-order valence-corrected chi connectivity index (χ0v) is 12.0. The average molecular weight is 336 g/mol. The van der Waals surface area contributed by atoms with Gasteiger partial charge in [0.25, 0.3) is 5.91 Å². The zero-order chi connectivity index (χ0) is 16.7. The molecule has 2 heterocycles. The number of rotatable bonds is 2. The number of hydrogen-bond acceptors (Lipinski definition) is 5. The van der Waals surface area contributed by atoms with E-state index in [0.29, 0.717) is 4.90 Å². The fourth-order valence-electron chi connectivity index (χ4n) is 2.38. The van der Waals surface area contributed by atoms with Crippen LogP contribution in [0.15, 0.2) is 30.7 Å². The fourth-order valence-corrected chi connectivity index (χ4v) is 2.54. The quantitative estimate of drug-likeness (QED) is 0.667. The number of ketones is 1. The second kappa shape index (κ2) is 5.40. The molecule has 0 spiro atoms. The van der Waals surface area contributed by atoms with Crippen LogP contribution in [0.25, 0.3) is 0 Å². The van der Waals surface area contributed by atoms with Gasteiger partial charge >= 0.3 is 6.09 Å². The molecule has 7 nitrogen and oxygen atoms in total. The van der Waals surface area contributed by atoms with Gasteiger partial charge in [-0.3, -0.25) is 14.6 Å². The molecule has 0 radical (unpaired) electrons. The van der Waals surface area contributed by atoms with E-state index in [-0.39, 0.29) is 22.0 Å². The summed E-state index contributed by atoms with van der Waals surface area (Å²) in [6.07, 6.45) is 2.15. The van der Waals surface area contributed by atoms with Crippen molar-refractivity contribution in [2.75, 3.05) is 4.90 Å². The molecule has 1 N–H and O–H groups in total. The first-order valence-electron chi connectivity index (χ1n) is 6.28.